The SMILES string of the molecule is CC1CCC(C)CC1.Cc1cc(F)c(C)c(F)c1.Cc1ccc(C)cc1.[B]. The lowest BCUT2D eigenvalue weighted by atomic mass is 9.84. The monoisotopic (exact) mass is 371 g/mol. The first-order chi connectivity index (χ1) is 12.2. The maximum Gasteiger partial charge on any atom is 0.129 e. The first kappa shape index (κ1) is 25.4. The van der Waals surface area contributed by atoms with Gasteiger partial charge in [-0.3, -0.25) is 0 Å². The molecule has 0 unspecified atom stereocenters. The van der Waals surface area contributed by atoms with Gasteiger partial charge in [0.15, 0.2) is 0 Å². The molecule has 2 aromatic carbocycles. The van der Waals surface area contributed by atoms with Gasteiger partial charge in [-0.05, 0) is 57.2 Å². The van der Waals surface area contributed by atoms with Gasteiger partial charge in [0.1, 0.15) is 11.6 Å². The van der Waals surface area contributed by atoms with E-state index in [1.807, 2.05) is 0 Å². The van der Waals surface area contributed by atoms with Gasteiger partial charge in [0, 0.05) is 14.0 Å². The number of hydrogen-bond acceptors (Lipinski definition) is 0. The molecule has 0 aliphatic heterocycles. The number of benzene rings is 2. The summed E-state index contributed by atoms with van der Waals surface area (Å²) in [5.74, 6) is 1.09. The van der Waals surface area contributed by atoms with E-state index in [9.17, 15) is 8.78 Å². The van der Waals surface area contributed by atoms with Gasteiger partial charge in [-0.15, -0.1) is 0 Å². The Hall–Kier alpha value is -1.64. The lowest BCUT2D eigenvalue weighted by molar-refractivity contribution is 0.308. The quantitative estimate of drug-likeness (QED) is 0.425. The van der Waals surface area contributed by atoms with Crippen molar-refractivity contribution in [2.24, 2.45) is 11.8 Å². The minimum Gasteiger partial charge on any atom is -0.207 e. The molecule has 0 nitrogen and oxygen atoms in total. The summed E-state index contributed by atoms with van der Waals surface area (Å²) in [5.41, 5.74) is 3.36. The van der Waals surface area contributed by atoms with Crippen LogP contribution in [0.1, 0.15) is 61.8 Å². The van der Waals surface area contributed by atoms with Crippen LogP contribution in [0.2, 0.25) is 0 Å². The maximum absolute atomic E-state index is 12.6. The summed E-state index contributed by atoms with van der Waals surface area (Å²) in [6, 6.07) is 11.1. The second-order valence-corrected chi connectivity index (χ2v) is 7.87. The molecule has 1 fully saturated rings. The van der Waals surface area contributed by atoms with E-state index >= 15 is 0 Å². The third-order valence-corrected chi connectivity index (χ3v) is 4.95. The van der Waals surface area contributed by atoms with Crippen LogP contribution in [0.3, 0.4) is 0 Å². The summed E-state index contributed by atoms with van der Waals surface area (Å²) in [6.07, 6.45) is 5.89. The van der Waals surface area contributed by atoms with Crippen LogP contribution >= 0.6 is 0 Å². The molecule has 1 aliphatic carbocycles. The van der Waals surface area contributed by atoms with E-state index in [4.69, 9.17) is 0 Å². The van der Waals surface area contributed by atoms with Crippen molar-refractivity contribution >= 4 is 8.41 Å². The van der Waals surface area contributed by atoms with Crippen LogP contribution in [0.15, 0.2) is 36.4 Å². The van der Waals surface area contributed by atoms with Crippen LogP contribution in [0.4, 0.5) is 8.78 Å². The fourth-order valence-electron chi connectivity index (χ4n) is 2.84. The molecule has 3 radical (unpaired) electrons. The van der Waals surface area contributed by atoms with Gasteiger partial charge in [0.05, 0.1) is 0 Å². The van der Waals surface area contributed by atoms with E-state index in [1.54, 1.807) is 6.92 Å². The van der Waals surface area contributed by atoms with Crippen LogP contribution in [-0.2, 0) is 0 Å². The fourth-order valence-corrected chi connectivity index (χ4v) is 2.84. The highest BCUT2D eigenvalue weighted by Gasteiger charge is 2.13. The molecule has 147 valence electrons. The Kier molecular flexibility index (Phi) is 11.9. The molecule has 0 amide bonds. The average molecular weight is 371 g/mol. The van der Waals surface area contributed by atoms with E-state index in [2.05, 4.69) is 52.0 Å². The molecule has 0 bridgehead atoms. The molecule has 2 aromatic rings. The van der Waals surface area contributed by atoms with E-state index in [0.717, 1.165) is 11.8 Å². The van der Waals surface area contributed by atoms with Crippen molar-refractivity contribution in [2.45, 2.75) is 67.2 Å². The molecule has 0 aromatic heterocycles. The summed E-state index contributed by atoms with van der Waals surface area (Å²) in [6.45, 7) is 12.0. The highest BCUT2D eigenvalue weighted by molar-refractivity contribution is 5.75. The van der Waals surface area contributed by atoms with Crippen LogP contribution in [0.5, 0.6) is 0 Å². The van der Waals surface area contributed by atoms with Crippen molar-refractivity contribution in [1.29, 1.82) is 0 Å². The molecule has 0 N–H and O–H groups in total. The van der Waals surface area contributed by atoms with Crippen LogP contribution in [-0.4, -0.2) is 8.41 Å². The van der Waals surface area contributed by atoms with Gasteiger partial charge in [-0.25, -0.2) is 8.78 Å². The van der Waals surface area contributed by atoms with Crippen molar-refractivity contribution in [3.63, 3.8) is 0 Å². The number of halogens is 2. The van der Waals surface area contributed by atoms with E-state index in [1.165, 1.54) is 55.9 Å². The Balaban J connectivity index is 0.000000372. The predicted molar refractivity (Wildman–Crippen MR) is 114 cm³/mol. The third kappa shape index (κ3) is 10.3. The third-order valence-electron chi connectivity index (χ3n) is 4.95. The molecule has 1 saturated carbocycles. The Morgan fingerprint density at radius 1 is 0.630 bits per heavy atom. The summed E-state index contributed by atoms with van der Waals surface area (Å²) < 4.78 is 25.2. The van der Waals surface area contributed by atoms with Gasteiger partial charge in [0.25, 0.3) is 0 Å². The molecular formula is C24H34BF2. The van der Waals surface area contributed by atoms with Crippen molar-refractivity contribution in [1.82, 2.24) is 0 Å². The molecule has 1 aliphatic rings. The zero-order chi connectivity index (χ0) is 19.7. The van der Waals surface area contributed by atoms with E-state index < -0.39 is 11.6 Å². The van der Waals surface area contributed by atoms with Crippen molar-refractivity contribution in [3.8, 4) is 0 Å². The van der Waals surface area contributed by atoms with Crippen LogP contribution in [0, 0.1) is 51.2 Å². The topological polar surface area (TPSA) is 0 Å². The second kappa shape index (κ2) is 12.7. The number of aryl methyl sites for hydroxylation is 3. The zero-order valence-corrected chi connectivity index (χ0v) is 17.8. The first-order valence-corrected chi connectivity index (χ1v) is 9.64. The number of hydrogen-bond donors (Lipinski definition) is 0. The molecular weight excluding hydrogens is 337 g/mol. The average Bonchev–Trinajstić information content (AvgIpc) is 2.59. The lowest BCUT2D eigenvalue weighted by Crippen LogP contribution is -2.08. The van der Waals surface area contributed by atoms with Crippen molar-refractivity contribution < 1.29 is 8.78 Å². The van der Waals surface area contributed by atoms with Gasteiger partial charge < -0.3 is 0 Å². The minimum atomic E-state index is -0.475. The molecule has 0 saturated heterocycles. The van der Waals surface area contributed by atoms with Crippen LogP contribution < -0.4 is 0 Å². The summed E-state index contributed by atoms with van der Waals surface area (Å²) in [7, 11) is 0. The van der Waals surface area contributed by atoms with Crippen molar-refractivity contribution in [3.05, 3.63) is 70.3 Å². The molecule has 3 rings (SSSR count). The largest absolute Gasteiger partial charge is 0.207 e. The second-order valence-electron chi connectivity index (χ2n) is 7.87. The van der Waals surface area contributed by atoms with Crippen LogP contribution in [0.25, 0.3) is 0 Å². The zero-order valence-electron chi connectivity index (χ0n) is 17.8. The first-order valence-electron chi connectivity index (χ1n) is 9.64. The molecule has 0 heterocycles. The van der Waals surface area contributed by atoms with E-state index in [0.29, 0.717) is 5.56 Å². The Bertz CT molecular complexity index is 603. The Labute approximate surface area is 167 Å². The van der Waals surface area contributed by atoms with Gasteiger partial charge >= 0.3 is 0 Å². The molecule has 0 spiro atoms. The smallest absolute Gasteiger partial charge is 0.129 e. The fraction of sp³-hybridized carbons (Fsp3) is 0.500. The highest BCUT2D eigenvalue weighted by atomic mass is 19.1. The van der Waals surface area contributed by atoms with Gasteiger partial charge in [-0.2, -0.15) is 0 Å². The Morgan fingerprint density at radius 2 is 0.926 bits per heavy atom. The Morgan fingerprint density at radius 3 is 1.22 bits per heavy atom. The maximum atomic E-state index is 12.6. The number of rotatable bonds is 0. The van der Waals surface area contributed by atoms with Gasteiger partial charge in [0.2, 0.25) is 0 Å². The van der Waals surface area contributed by atoms with Crippen molar-refractivity contribution in [2.75, 3.05) is 0 Å². The molecule has 0 atom stereocenters. The predicted octanol–water partition coefficient (Wildman–Crippen LogP) is 7.34. The summed E-state index contributed by atoms with van der Waals surface area (Å²) in [4.78, 5) is 0. The molecule has 27 heavy (non-hydrogen) atoms. The highest BCUT2D eigenvalue weighted by Crippen LogP contribution is 2.27. The lowest BCUT2D eigenvalue weighted by Gasteiger charge is -2.22. The summed E-state index contributed by atoms with van der Waals surface area (Å²) >= 11 is 0. The minimum absolute atomic E-state index is 0. The van der Waals surface area contributed by atoms with Gasteiger partial charge in [-0.1, -0.05) is 74.9 Å². The standard InChI is InChI=1S/C8H8F2.C8H16.C8H10.B/c1-5-3-7(9)6(2)8(10)4-5;2*1-7-3-5-8(2)6-4-7;/h3-4H,1-2H3;7-8H,3-6H2,1-2H3;3-6H,1-2H3;. The normalized spacial score (nSPS) is 18.2. The molecule has 3 heteroatoms. The summed E-state index contributed by atoms with van der Waals surface area (Å²) in [5, 5.41) is 0. The van der Waals surface area contributed by atoms with E-state index in [-0.39, 0.29) is 14.0 Å².